The Labute approximate surface area is 215 Å². The van der Waals surface area contributed by atoms with Crippen LogP contribution >= 0.6 is 0 Å². The fraction of sp³-hybridized carbons (Fsp3) is 0.370. The molecule has 0 unspecified atom stereocenters. The van der Waals surface area contributed by atoms with Gasteiger partial charge in [-0.25, -0.2) is 9.59 Å². The lowest BCUT2D eigenvalue weighted by Crippen LogP contribution is -2.47. The van der Waals surface area contributed by atoms with Gasteiger partial charge in [0, 0.05) is 12.3 Å². The smallest absolute Gasteiger partial charge is 0.407 e. The van der Waals surface area contributed by atoms with Gasteiger partial charge >= 0.3 is 18.3 Å². The molecule has 0 radical (unpaired) electrons. The second-order valence-corrected chi connectivity index (χ2v) is 9.58. The zero-order valence-electron chi connectivity index (χ0n) is 21.0. The second kappa shape index (κ2) is 12.1. The molecule has 2 amide bonds. The highest BCUT2D eigenvalue weighted by molar-refractivity contribution is 6.25. The molecule has 0 fully saturated rings. The number of carbonyl (C=O) groups is 4. The lowest BCUT2D eigenvalue weighted by Gasteiger charge is -2.24. The molecule has 0 aliphatic heterocycles. The molecule has 2 aromatic carbocycles. The first-order chi connectivity index (χ1) is 17.6. The van der Waals surface area contributed by atoms with E-state index in [1.165, 1.54) is 0 Å². The van der Waals surface area contributed by atoms with Crippen LogP contribution in [-0.2, 0) is 23.9 Å². The van der Waals surface area contributed by atoms with E-state index >= 15 is 0 Å². The van der Waals surface area contributed by atoms with Crippen molar-refractivity contribution in [3.63, 3.8) is 0 Å². The average Bonchev–Trinajstić information content (AvgIpc) is 3.16. The molecule has 1 atom stereocenters. The van der Waals surface area contributed by atoms with Crippen molar-refractivity contribution in [3.05, 3.63) is 65.2 Å². The number of esters is 1. The molecule has 0 spiro atoms. The molecule has 0 bridgehead atoms. The molecule has 10 heteroatoms. The van der Waals surface area contributed by atoms with Gasteiger partial charge in [0.2, 0.25) is 11.7 Å². The van der Waals surface area contributed by atoms with Crippen molar-refractivity contribution in [3.8, 4) is 11.1 Å². The quantitative estimate of drug-likeness (QED) is 0.219. The third-order valence-corrected chi connectivity index (χ3v) is 5.64. The summed E-state index contributed by atoms with van der Waals surface area (Å²) in [6, 6.07) is 14.7. The minimum Gasteiger partial charge on any atom is -0.458 e. The fourth-order valence-electron chi connectivity index (χ4n) is 4.08. The Morgan fingerprint density at radius 1 is 1.03 bits per heavy atom. The number of amides is 2. The Morgan fingerprint density at radius 2 is 1.62 bits per heavy atom. The Kier molecular flexibility index (Phi) is 8.92. The first kappa shape index (κ1) is 27.3. The van der Waals surface area contributed by atoms with Crippen molar-refractivity contribution in [2.45, 2.75) is 51.2 Å². The number of hydrogen-bond donors (Lipinski definition) is 2. The molecular formula is C27H30N4O6. The van der Waals surface area contributed by atoms with Gasteiger partial charge in [-0.15, -0.1) is 0 Å². The summed E-state index contributed by atoms with van der Waals surface area (Å²) >= 11 is 0. The van der Waals surface area contributed by atoms with Crippen molar-refractivity contribution in [1.29, 1.82) is 0 Å². The summed E-state index contributed by atoms with van der Waals surface area (Å²) in [4.78, 5) is 51.6. The van der Waals surface area contributed by atoms with E-state index in [9.17, 15) is 19.2 Å². The number of ether oxygens (including phenoxy) is 2. The number of fused-ring (bicyclic) bond motifs is 3. The third kappa shape index (κ3) is 7.59. The summed E-state index contributed by atoms with van der Waals surface area (Å²) in [5.74, 6) is -2.03. The molecule has 194 valence electrons. The number of carbonyl (C=O) groups excluding carboxylic acids is 4. The Morgan fingerprint density at radius 3 is 2.19 bits per heavy atom. The van der Waals surface area contributed by atoms with Gasteiger partial charge in [0.1, 0.15) is 24.8 Å². The summed E-state index contributed by atoms with van der Waals surface area (Å²) in [6.07, 6.45) is -0.294. The first-order valence-electron chi connectivity index (χ1n) is 11.9. The molecule has 0 heterocycles. The van der Waals surface area contributed by atoms with Crippen molar-refractivity contribution < 1.29 is 33.4 Å². The summed E-state index contributed by atoms with van der Waals surface area (Å²) in [6.45, 7) is 4.67. The summed E-state index contributed by atoms with van der Waals surface area (Å²) in [5.41, 5.74) is 12.0. The molecule has 37 heavy (non-hydrogen) atoms. The lowest BCUT2D eigenvalue weighted by atomic mass is 9.98. The molecule has 2 N–H and O–H groups in total. The minimum atomic E-state index is -1.13. The van der Waals surface area contributed by atoms with Gasteiger partial charge in [-0.1, -0.05) is 48.5 Å². The Balaban J connectivity index is 1.54. The molecular weight excluding hydrogens is 476 g/mol. The number of Topliss-reactive ketones (excluding diaryl/α,β-unsaturated/α-hetero) is 1. The number of ketones is 1. The number of rotatable bonds is 10. The highest BCUT2D eigenvalue weighted by Crippen LogP contribution is 2.44. The largest absolute Gasteiger partial charge is 0.458 e. The van der Waals surface area contributed by atoms with Crippen LogP contribution in [0.25, 0.3) is 16.7 Å². The van der Waals surface area contributed by atoms with Gasteiger partial charge in [-0.3, -0.25) is 9.59 Å². The van der Waals surface area contributed by atoms with Crippen LogP contribution < -0.4 is 10.6 Å². The van der Waals surface area contributed by atoms with E-state index in [1.54, 1.807) is 20.8 Å². The summed E-state index contributed by atoms with van der Waals surface area (Å²) in [7, 11) is 0. The van der Waals surface area contributed by atoms with Crippen LogP contribution in [0, 0.1) is 0 Å². The van der Waals surface area contributed by atoms with Crippen LogP contribution in [0.2, 0.25) is 0 Å². The molecule has 0 saturated heterocycles. The second-order valence-electron chi connectivity index (χ2n) is 9.58. The van der Waals surface area contributed by atoms with Gasteiger partial charge in [-0.2, -0.15) is 4.79 Å². The predicted octanol–water partition coefficient (Wildman–Crippen LogP) is 3.00. The predicted molar refractivity (Wildman–Crippen MR) is 135 cm³/mol. The van der Waals surface area contributed by atoms with E-state index in [-0.39, 0.29) is 25.4 Å². The van der Waals surface area contributed by atoms with Crippen LogP contribution in [-0.4, -0.2) is 59.6 Å². The zero-order chi connectivity index (χ0) is 27.0. The van der Waals surface area contributed by atoms with Crippen molar-refractivity contribution in [2.24, 2.45) is 0 Å². The topological polar surface area (TPSA) is 147 Å². The van der Waals surface area contributed by atoms with E-state index in [0.717, 1.165) is 22.3 Å². The maximum absolute atomic E-state index is 12.5. The van der Waals surface area contributed by atoms with Crippen LogP contribution in [0.3, 0.4) is 0 Å². The third-order valence-electron chi connectivity index (χ3n) is 5.64. The maximum Gasteiger partial charge on any atom is 0.407 e. The van der Waals surface area contributed by atoms with E-state index in [0.29, 0.717) is 6.21 Å². The standard InChI is InChI=1S/C27H30N4O6/c1-27(2,3)37-25(34)23(13-12-17(32)14-30-28)31-24(33)15-29-26(35)36-16-22-20-10-6-4-8-18(20)19-9-5-7-11-21(19)22/h4-11,14,22-23H,12-13,15-16H2,1-3H3,(H,29,35)(H,31,33)/t23-/m0/s1. The van der Waals surface area contributed by atoms with Gasteiger partial charge in [0.25, 0.3) is 0 Å². The summed E-state index contributed by atoms with van der Waals surface area (Å²) in [5, 5.41) is 4.86. The normalized spacial score (nSPS) is 12.8. The molecule has 2 aromatic rings. The fourth-order valence-corrected chi connectivity index (χ4v) is 4.08. The van der Waals surface area contributed by atoms with Gasteiger partial charge in [0.15, 0.2) is 0 Å². The number of benzene rings is 2. The van der Waals surface area contributed by atoms with Crippen molar-refractivity contribution >= 4 is 30.0 Å². The van der Waals surface area contributed by atoms with E-state index < -0.39 is 41.9 Å². The van der Waals surface area contributed by atoms with Gasteiger partial charge in [-0.05, 0) is 49.4 Å². The number of alkyl carbamates (subject to hydrolysis) is 1. The van der Waals surface area contributed by atoms with E-state index in [1.807, 2.05) is 48.5 Å². The van der Waals surface area contributed by atoms with E-state index in [4.69, 9.17) is 15.0 Å². The van der Waals surface area contributed by atoms with Crippen LogP contribution in [0.1, 0.15) is 50.7 Å². The monoisotopic (exact) mass is 506 g/mol. The average molecular weight is 507 g/mol. The highest BCUT2D eigenvalue weighted by atomic mass is 16.6. The molecule has 1 aliphatic rings. The minimum absolute atomic E-state index is 0.0730. The molecule has 0 saturated carbocycles. The number of nitrogens with zero attached hydrogens (tertiary/aromatic N) is 2. The Bertz CT molecular complexity index is 1180. The molecule has 3 rings (SSSR count). The SMILES string of the molecule is CC(C)(C)OC(=O)[C@H](CCC(=O)C=[N+]=[N-])NC(=O)CNC(=O)OCC1c2ccccc2-c2ccccc21. The van der Waals surface area contributed by atoms with Crippen molar-refractivity contribution in [1.82, 2.24) is 10.6 Å². The molecule has 0 aromatic heterocycles. The van der Waals surface area contributed by atoms with Crippen LogP contribution in [0.4, 0.5) is 4.79 Å². The van der Waals surface area contributed by atoms with Gasteiger partial charge in [0.05, 0.1) is 0 Å². The van der Waals surface area contributed by atoms with Crippen molar-refractivity contribution in [2.75, 3.05) is 13.2 Å². The maximum atomic E-state index is 12.5. The molecule has 10 nitrogen and oxygen atoms in total. The van der Waals surface area contributed by atoms with Gasteiger partial charge < -0.3 is 25.6 Å². The highest BCUT2D eigenvalue weighted by Gasteiger charge is 2.30. The van der Waals surface area contributed by atoms with E-state index in [2.05, 4.69) is 15.4 Å². The van der Waals surface area contributed by atoms with Crippen LogP contribution in [0.15, 0.2) is 48.5 Å². The summed E-state index contributed by atoms with van der Waals surface area (Å²) < 4.78 is 10.7. The van der Waals surface area contributed by atoms with Crippen LogP contribution in [0.5, 0.6) is 0 Å². The lowest BCUT2D eigenvalue weighted by molar-refractivity contribution is -0.158. The number of hydrogen-bond acceptors (Lipinski definition) is 6. The number of nitrogens with one attached hydrogen (secondary N) is 2. The first-order valence-corrected chi connectivity index (χ1v) is 11.9. The molecule has 1 aliphatic carbocycles. The zero-order valence-corrected chi connectivity index (χ0v) is 21.0. The Hall–Kier alpha value is -4.30.